The maximum Gasteiger partial charge on any atom is 0.314 e. The topological polar surface area (TPSA) is 104 Å². The van der Waals surface area contributed by atoms with Crippen LogP contribution >= 0.6 is 0 Å². The number of H-pyrrole nitrogens is 1. The smallest absolute Gasteiger partial charge is 0.314 e. The Morgan fingerprint density at radius 3 is 2.85 bits per heavy atom. The minimum atomic E-state index is -0.698. The van der Waals surface area contributed by atoms with Crippen LogP contribution in [0.25, 0.3) is 11.3 Å². The second kappa shape index (κ2) is 6.51. The SMILES string of the molecule is CNC(=O)C(=O)Nc1nn([C@H]2CCCC[C@H]2C)c2c1CNc1[nH]ccc1-2. The molecule has 26 heavy (non-hydrogen) atoms. The zero-order valence-electron chi connectivity index (χ0n) is 15.1. The zero-order valence-corrected chi connectivity index (χ0v) is 15.1. The van der Waals surface area contributed by atoms with E-state index in [1.807, 2.05) is 12.3 Å². The van der Waals surface area contributed by atoms with Gasteiger partial charge in [-0.3, -0.25) is 14.3 Å². The van der Waals surface area contributed by atoms with Gasteiger partial charge >= 0.3 is 11.8 Å². The molecule has 3 heterocycles. The Hall–Kier alpha value is -2.77. The van der Waals surface area contributed by atoms with Gasteiger partial charge in [0.05, 0.1) is 11.7 Å². The summed E-state index contributed by atoms with van der Waals surface area (Å²) in [6.45, 7) is 2.81. The quantitative estimate of drug-likeness (QED) is 0.620. The third kappa shape index (κ3) is 2.65. The maximum atomic E-state index is 12.1. The average molecular weight is 356 g/mol. The summed E-state index contributed by atoms with van der Waals surface area (Å²) < 4.78 is 2.08. The highest BCUT2D eigenvalue weighted by atomic mass is 16.2. The van der Waals surface area contributed by atoms with Crippen molar-refractivity contribution in [3.05, 3.63) is 17.8 Å². The van der Waals surface area contributed by atoms with E-state index in [-0.39, 0.29) is 0 Å². The molecule has 0 bridgehead atoms. The van der Waals surface area contributed by atoms with Crippen molar-refractivity contribution in [1.82, 2.24) is 20.1 Å². The van der Waals surface area contributed by atoms with Gasteiger partial charge in [-0.05, 0) is 24.8 Å². The van der Waals surface area contributed by atoms with Crippen LogP contribution in [0.5, 0.6) is 0 Å². The average Bonchev–Trinajstić information content (AvgIpc) is 3.26. The van der Waals surface area contributed by atoms with Crippen LogP contribution in [0.4, 0.5) is 11.6 Å². The second-order valence-electron chi connectivity index (χ2n) is 7.10. The Morgan fingerprint density at radius 1 is 1.27 bits per heavy atom. The minimum Gasteiger partial charge on any atom is -0.367 e. The van der Waals surface area contributed by atoms with Gasteiger partial charge in [0.1, 0.15) is 5.82 Å². The lowest BCUT2D eigenvalue weighted by Gasteiger charge is -2.31. The maximum absolute atomic E-state index is 12.1. The van der Waals surface area contributed by atoms with Crippen molar-refractivity contribution >= 4 is 23.5 Å². The number of anilines is 2. The molecule has 2 aromatic rings. The number of aromatic amines is 1. The third-order valence-electron chi connectivity index (χ3n) is 5.50. The van der Waals surface area contributed by atoms with Gasteiger partial charge < -0.3 is 20.9 Å². The number of rotatable bonds is 2. The van der Waals surface area contributed by atoms with Crippen LogP contribution in [0.1, 0.15) is 44.2 Å². The van der Waals surface area contributed by atoms with Gasteiger partial charge in [0.15, 0.2) is 5.82 Å². The summed E-state index contributed by atoms with van der Waals surface area (Å²) in [5.41, 5.74) is 3.01. The number of likely N-dealkylation sites (N-methyl/N-ethyl adjacent to an activating group) is 1. The number of aromatic nitrogens is 3. The number of fused-ring (bicyclic) bond motifs is 3. The molecule has 2 atom stereocenters. The highest BCUT2D eigenvalue weighted by Gasteiger charge is 2.33. The van der Waals surface area contributed by atoms with Gasteiger partial charge in [-0.2, -0.15) is 5.10 Å². The van der Waals surface area contributed by atoms with E-state index in [1.54, 1.807) is 0 Å². The van der Waals surface area contributed by atoms with E-state index in [2.05, 4.69) is 32.5 Å². The molecule has 2 amide bonds. The summed E-state index contributed by atoms with van der Waals surface area (Å²) in [6, 6.07) is 2.32. The second-order valence-corrected chi connectivity index (χ2v) is 7.10. The molecule has 0 unspecified atom stereocenters. The standard InChI is InChI=1S/C18H24N6O2/c1-10-5-3-4-6-13(10)24-14-11-7-8-20-15(11)21-9-12(14)16(23-24)22-18(26)17(25)19-2/h7-8,10,13,20-21H,3-6,9H2,1-2H3,(H,19,25)(H,22,23,26)/t10-,13+/m1/s1. The van der Waals surface area contributed by atoms with Crippen LogP contribution in [0, 0.1) is 5.92 Å². The van der Waals surface area contributed by atoms with Crippen molar-refractivity contribution in [2.24, 2.45) is 5.92 Å². The number of hydrogen-bond acceptors (Lipinski definition) is 4. The van der Waals surface area contributed by atoms with Crippen LogP contribution in [0.3, 0.4) is 0 Å². The van der Waals surface area contributed by atoms with E-state index >= 15 is 0 Å². The molecule has 0 radical (unpaired) electrons. The van der Waals surface area contributed by atoms with Crippen molar-refractivity contribution < 1.29 is 9.59 Å². The Kier molecular flexibility index (Phi) is 4.18. The molecule has 1 aliphatic heterocycles. The predicted octanol–water partition coefficient (Wildman–Crippen LogP) is 2.24. The molecule has 0 spiro atoms. The van der Waals surface area contributed by atoms with Crippen molar-refractivity contribution in [2.45, 2.75) is 45.2 Å². The molecule has 0 saturated heterocycles. The predicted molar refractivity (Wildman–Crippen MR) is 98.7 cm³/mol. The summed E-state index contributed by atoms with van der Waals surface area (Å²) in [5, 5.41) is 13.1. The molecule has 2 aromatic heterocycles. The molecule has 1 aliphatic carbocycles. The fourth-order valence-corrected chi connectivity index (χ4v) is 4.09. The van der Waals surface area contributed by atoms with Gasteiger partial charge in [0, 0.05) is 30.9 Å². The van der Waals surface area contributed by atoms with E-state index in [1.165, 1.54) is 26.3 Å². The number of nitrogens with zero attached hydrogens (tertiary/aromatic N) is 2. The molecule has 2 aliphatic rings. The van der Waals surface area contributed by atoms with Crippen LogP contribution in [-0.2, 0) is 16.1 Å². The van der Waals surface area contributed by atoms with Crippen LogP contribution in [0.2, 0.25) is 0 Å². The summed E-state index contributed by atoms with van der Waals surface area (Å²) in [5.74, 6) is 0.575. The summed E-state index contributed by atoms with van der Waals surface area (Å²) in [4.78, 5) is 26.9. The first-order valence-electron chi connectivity index (χ1n) is 9.16. The molecule has 0 aromatic carbocycles. The van der Waals surface area contributed by atoms with E-state index in [4.69, 9.17) is 5.10 Å². The molecular formula is C18H24N6O2. The molecule has 8 nitrogen and oxygen atoms in total. The lowest BCUT2D eigenvalue weighted by atomic mass is 9.85. The van der Waals surface area contributed by atoms with Crippen LogP contribution < -0.4 is 16.0 Å². The number of amides is 2. The lowest BCUT2D eigenvalue weighted by molar-refractivity contribution is -0.135. The van der Waals surface area contributed by atoms with E-state index in [0.717, 1.165) is 29.1 Å². The Labute approximate surface area is 151 Å². The zero-order chi connectivity index (χ0) is 18.3. The Balaban J connectivity index is 1.79. The largest absolute Gasteiger partial charge is 0.367 e. The Morgan fingerprint density at radius 2 is 2.08 bits per heavy atom. The first-order chi connectivity index (χ1) is 12.6. The highest BCUT2D eigenvalue weighted by molar-refractivity contribution is 6.39. The van der Waals surface area contributed by atoms with E-state index in [0.29, 0.717) is 24.3 Å². The summed E-state index contributed by atoms with van der Waals surface area (Å²) >= 11 is 0. The van der Waals surface area contributed by atoms with Gasteiger partial charge in [0.25, 0.3) is 0 Å². The van der Waals surface area contributed by atoms with Gasteiger partial charge in [0.2, 0.25) is 0 Å². The summed E-state index contributed by atoms with van der Waals surface area (Å²) in [7, 11) is 1.44. The van der Waals surface area contributed by atoms with Crippen molar-refractivity contribution in [2.75, 3.05) is 17.7 Å². The first-order valence-corrected chi connectivity index (χ1v) is 9.16. The van der Waals surface area contributed by atoms with Crippen molar-refractivity contribution in [3.63, 3.8) is 0 Å². The number of nitrogens with one attached hydrogen (secondary N) is 4. The Bertz CT molecular complexity index is 852. The van der Waals surface area contributed by atoms with E-state index in [9.17, 15) is 9.59 Å². The highest BCUT2D eigenvalue weighted by Crippen LogP contribution is 2.43. The fourth-order valence-electron chi connectivity index (χ4n) is 4.09. The van der Waals surface area contributed by atoms with Crippen LogP contribution in [-0.4, -0.2) is 33.6 Å². The molecule has 8 heteroatoms. The van der Waals surface area contributed by atoms with Crippen molar-refractivity contribution in [3.8, 4) is 11.3 Å². The first kappa shape index (κ1) is 16.7. The minimum absolute atomic E-state index is 0.295. The molecule has 4 rings (SSSR count). The third-order valence-corrected chi connectivity index (χ3v) is 5.50. The normalized spacial score (nSPS) is 21.3. The van der Waals surface area contributed by atoms with Crippen LogP contribution in [0.15, 0.2) is 12.3 Å². The molecule has 138 valence electrons. The molecule has 1 fully saturated rings. The summed E-state index contributed by atoms with van der Waals surface area (Å²) in [6.07, 6.45) is 6.58. The van der Waals surface area contributed by atoms with Crippen molar-refractivity contribution in [1.29, 1.82) is 0 Å². The lowest BCUT2D eigenvalue weighted by Crippen LogP contribution is -2.33. The van der Waals surface area contributed by atoms with Gasteiger partial charge in [-0.25, -0.2) is 0 Å². The fraction of sp³-hybridized carbons (Fsp3) is 0.500. The van der Waals surface area contributed by atoms with E-state index < -0.39 is 11.8 Å². The number of carbonyl (C=O) groups is 2. The molecular weight excluding hydrogens is 332 g/mol. The molecule has 1 saturated carbocycles. The number of carbonyl (C=O) groups excluding carboxylic acids is 2. The monoisotopic (exact) mass is 356 g/mol. The molecule has 4 N–H and O–H groups in total. The number of hydrogen-bond donors (Lipinski definition) is 4. The van der Waals surface area contributed by atoms with Gasteiger partial charge in [-0.15, -0.1) is 0 Å². The van der Waals surface area contributed by atoms with Gasteiger partial charge in [-0.1, -0.05) is 19.8 Å².